The van der Waals surface area contributed by atoms with Gasteiger partial charge >= 0.3 is 0 Å². The Hall–Kier alpha value is -2.93. The van der Waals surface area contributed by atoms with Crippen LogP contribution in [0.2, 0.25) is 5.02 Å². The van der Waals surface area contributed by atoms with E-state index in [-0.39, 0.29) is 39.3 Å². The Balaban J connectivity index is 1.93. The van der Waals surface area contributed by atoms with Crippen molar-refractivity contribution >= 4 is 28.9 Å². The van der Waals surface area contributed by atoms with Crippen LogP contribution in [0.5, 0.6) is 0 Å². The van der Waals surface area contributed by atoms with Gasteiger partial charge in [0.1, 0.15) is 28.7 Å². The van der Waals surface area contributed by atoms with Crippen molar-refractivity contribution in [3.05, 3.63) is 64.4 Å². The Bertz CT molecular complexity index is 1050. The third-order valence-electron chi connectivity index (χ3n) is 4.65. The normalized spacial score (nSPS) is 11.0. The van der Waals surface area contributed by atoms with Gasteiger partial charge in [-0.05, 0) is 51.1 Å². The van der Waals surface area contributed by atoms with Crippen LogP contribution < -0.4 is 10.2 Å². The fourth-order valence-electron chi connectivity index (χ4n) is 2.88. The number of hydrogen-bond donors (Lipinski definition) is 1. The lowest BCUT2D eigenvalue weighted by atomic mass is 10.0. The van der Waals surface area contributed by atoms with Crippen LogP contribution >= 0.6 is 11.6 Å². The SMILES string of the molecule is Cc1onc(-c2c(F)cccc2Cl)c1C(=O)Nc1ccc(N(C)C(C)C)c(F)c1. The molecule has 0 atom stereocenters. The van der Waals surface area contributed by atoms with E-state index >= 15 is 0 Å². The monoisotopic (exact) mass is 419 g/mol. The molecule has 5 nitrogen and oxygen atoms in total. The molecule has 1 amide bonds. The minimum atomic E-state index is -0.632. The highest BCUT2D eigenvalue weighted by atomic mass is 35.5. The van der Waals surface area contributed by atoms with Gasteiger partial charge in [-0.2, -0.15) is 0 Å². The van der Waals surface area contributed by atoms with E-state index in [1.807, 2.05) is 13.8 Å². The third kappa shape index (κ3) is 4.10. The molecule has 0 saturated heterocycles. The smallest absolute Gasteiger partial charge is 0.261 e. The van der Waals surface area contributed by atoms with Gasteiger partial charge in [0.2, 0.25) is 0 Å². The second kappa shape index (κ2) is 8.21. The van der Waals surface area contributed by atoms with E-state index in [2.05, 4.69) is 10.5 Å². The number of hydrogen-bond acceptors (Lipinski definition) is 4. The molecule has 0 radical (unpaired) electrons. The zero-order valence-electron chi connectivity index (χ0n) is 16.4. The molecule has 0 fully saturated rings. The fraction of sp³-hybridized carbons (Fsp3) is 0.238. The first-order valence-corrected chi connectivity index (χ1v) is 9.33. The molecule has 2 aromatic carbocycles. The number of anilines is 2. The Morgan fingerprint density at radius 1 is 1.21 bits per heavy atom. The van der Waals surface area contributed by atoms with Crippen molar-refractivity contribution in [2.45, 2.75) is 26.8 Å². The Kier molecular flexibility index (Phi) is 5.88. The minimum absolute atomic E-state index is 0.0141. The Morgan fingerprint density at radius 3 is 2.55 bits per heavy atom. The predicted octanol–water partition coefficient (Wildman–Crippen LogP) is 5.68. The number of nitrogens with one attached hydrogen (secondary N) is 1. The van der Waals surface area contributed by atoms with Crippen molar-refractivity contribution in [1.29, 1.82) is 0 Å². The largest absolute Gasteiger partial charge is 0.370 e. The first kappa shape index (κ1) is 20.8. The lowest BCUT2D eigenvalue weighted by Gasteiger charge is -2.24. The maximum absolute atomic E-state index is 14.5. The topological polar surface area (TPSA) is 58.4 Å². The van der Waals surface area contributed by atoms with Crippen LogP contribution in [0.3, 0.4) is 0 Å². The van der Waals surface area contributed by atoms with Crippen LogP contribution in [0.15, 0.2) is 40.9 Å². The Morgan fingerprint density at radius 2 is 1.93 bits per heavy atom. The summed E-state index contributed by atoms with van der Waals surface area (Å²) in [7, 11) is 1.78. The summed E-state index contributed by atoms with van der Waals surface area (Å²) in [5.74, 6) is -1.53. The minimum Gasteiger partial charge on any atom is -0.370 e. The van der Waals surface area contributed by atoms with Crippen LogP contribution in [0.1, 0.15) is 30.0 Å². The van der Waals surface area contributed by atoms with Crippen LogP contribution in [0, 0.1) is 18.6 Å². The maximum atomic E-state index is 14.5. The van der Waals surface area contributed by atoms with Crippen molar-refractivity contribution in [2.24, 2.45) is 0 Å². The summed E-state index contributed by atoms with van der Waals surface area (Å²) >= 11 is 6.10. The van der Waals surface area contributed by atoms with Gasteiger partial charge in [0, 0.05) is 18.8 Å². The first-order valence-electron chi connectivity index (χ1n) is 8.95. The third-order valence-corrected chi connectivity index (χ3v) is 4.96. The van der Waals surface area contributed by atoms with Gasteiger partial charge in [0.05, 0.1) is 16.3 Å². The van der Waals surface area contributed by atoms with Crippen LogP contribution in [0.25, 0.3) is 11.3 Å². The van der Waals surface area contributed by atoms with Crippen molar-refractivity contribution in [1.82, 2.24) is 5.16 Å². The second-order valence-corrected chi connectivity index (χ2v) is 7.29. The van der Waals surface area contributed by atoms with Crippen LogP contribution in [0.4, 0.5) is 20.2 Å². The van der Waals surface area contributed by atoms with Gasteiger partial charge in [0.15, 0.2) is 0 Å². The molecule has 0 unspecified atom stereocenters. The summed E-state index contributed by atoms with van der Waals surface area (Å²) in [5.41, 5.74) is 0.648. The summed E-state index contributed by atoms with van der Waals surface area (Å²) in [6.45, 7) is 5.42. The number of carbonyl (C=O) groups is 1. The lowest BCUT2D eigenvalue weighted by Crippen LogP contribution is -2.26. The van der Waals surface area contributed by atoms with Gasteiger partial charge < -0.3 is 14.7 Å². The molecule has 1 N–H and O–H groups in total. The molecule has 1 heterocycles. The molecule has 29 heavy (non-hydrogen) atoms. The highest BCUT2D eigenvalue weighted by Gasteiger charge is 2.25. The molecule has 152 valence electrons. The van der Waals surface area contributed by atoms with Crippen molar-refractivity contribution in [3.8, 4) is 11.3 Å². The fourth-order valence-corrected chi connectivity index (χ4v) is 3.13. The summed E-state index contributed by atoms with van der Waals surface area (Å²) in [5, 5.41) is 6.51. The van der Waals surface area contributed by atoms with E-state index in [1.54, 1.807) is 24.1 Å². The molecule has 0 bridgehead atoms. The van der Waals surface area contributed by atoms with E-state index in [4.69, 9.17) is 16.1 Å². The molecule has 0 aliphatic heterocycles. The molecular weight excluding hydrogens is 400 g/mol. The number of benzene rings is 2. The summed E-state index contributed by atoms with van der Waals surface area (Å²) in [6.07, 6.45) is 0. The van der Waals surface area contributed by atoms with Gasteiger partial charge in [-0.1, -0.05) is 22.8 Å². The van der Waals surface area contributed by atoms with E-state index < -0.39 is 17.5 Å². The Labute approximate surface area is 172 Å². The summed E-state index contributed by atoms with van der Waals surface area (Å²) in [4.78, 5) is 14.6. The number of halogens is 3. The van der Waals surface area contributed by atoms with Crippen molar-refractivity contribution < 1.29 is 18.1 Å². The van der Waals surface area contributed by atoms with E-state index in [1.165, 1.54) is 31.2 Å². The number of rotatable bonds is 5. The number of aromatic nitrogens is 1. The van der Waals surface area contributed by atoms with Crippen molar-refractivity contribution in [3.63, 3.8) is 0 Å². The molecule has 8 heteroatoms. The summed E-state index contributed by atoms with van der Waals surface area (Å²) in [6, 6.07) is 8.67. The standard InChI is InChI=1S/C21H20ClF2N3O2/c1-11(2)27(4)17-9-8-13(10-16(17)24)25-21(28)18-12(3)29-26-20(18)19-14(22)6-5-7-15(19)23/h5-11H,1-4H3,(H,25,28). The number of aryl methyl sites for hydroxylation is 1. The molecule has 0 aliphatic rings. The van der Waals surface area contributed by atoms with E-state index in [9.17, 15) is 13.6 Å². The molecule has 1 aromatic heterocycles. The first-order chi connectivity index (χ1) is 13.7. The molecule has 0 spiro atoms. The quantitative estimate of drug-likeness (QED) is 0.578. The van der Waals surface area contributed by atoms with Crippen LogP contribution in [-0.2, 0) is 0 Å². The molecule has 3 aromatic rings. The number of nitrogens with zero attached hydrogens (tertiary/aromatic N) is 2. The average molecular weight is 420 g/mol. The van der Waals surface area contributed by atoms with E-state index in [0.717, 1.165) is 0 Å². The number of carbonyl (C=O) groups excluding carboxylic acids is 1. The van der Waals surface area contributed by atoms with Gasteiger partial charge in [-0.25, -0.2) is 8.78 Å². The highest BCUT2D eigenvalue weighted by Crippen LogP contribution is 2.34. The predicted molar refractivity (Wildman–Crippen MR) is 110 cm³/mol. The number of amides is 1. The lowest BCUT2D eigenvalue weighted by molar-refractivity contribution is 0.102. The zero-order chi connectivity index (χ0) is 21.3. The van der Waals surface area contributed by atoms with Crippen molar-refractivity contribution in [2.75, 3.05) is 17.3 Å². The molecule has 0 aliphatic carbocycles. The molecule has 0 saturated carbocycles. The summed E-state index contributed by atoms with van der Waals surface area (Å²) < 4.78 is 33.9. The molecular formula is C21H20ClF2N3O2. The second-order valence-electron chi connectivity index (χ2n) is 6.88. The van der Waals surface area contributed by atoms with E-state index in [0.29, 0.717) is 5.69 Å². The van der Waals surface area contributed by atoms with Gasteiger partial charge in [0.25, 0.3) is 5.91 Å². The van der Waals surface area contributed by atoms with Crippen LogP contribution in [-0.4, -0.2) is 24.2 Å². The zero-order valence-corrected chi connectivity index (χ0v) is 17.1. The maximum Gasteiger partial charge on any atom is 0.261 e. The van der Waals surface area contributed by atoms with Gasteiger partial charge in [-0.15, -0.1) is 0 Å². The molecule has 3 rings (SSSR count). The highest BCUT2D eigenvalue weighted by molar-refractivity contribution is 6.33. The average Bonchev–Trinajstić information content (AvgIpc) is 3.02. The van der Waals surface area contributed by atoms with Gasteiger partial charge in [-0.3, -0.25) is 4.79 Å².